The van der Waals surface area contributed by atoms with Crippen molar-refractivity contribution in [2.45, 2.75) is 19.9 Å². The van der Waals surface area contributed by atoms with Gasteiger partial charge in [-0.3, -0.25) is 0 Å². The standard InChI is InChI=1S/C12H18N6O/c1-3-18(4-2)7-10(13)11-16-12(19-17-11)9-5-14-8-15-6-9/h5-6,8,10H,3-4,7,13H2,1-2H3. The van der Waals surface area contributed by atoms with E-state index in [0.29, 0.717) is 23.8 Å². The summed E-state index contributed by atoms with van der Waals surface area (Å²) in [6, 6.07) is -0.262. The fourth-order valence-corrected chi connectivity index (χ4v) is 1.75. The highest BCUT2D eigenvalue weighted by molar-refractivity contribution is 5.48. The summed E-state index contributed by atoms with van der Waals surface area (Å²) in [6.45, 7) is 6.79. The molecule has 0 saturated heterocycles. The summed E-state index contributed by atoms with van der Waals surface area (Å²) in [7, 11) is 0. The molecule has 2 rings (SSSR count). The van der Waals surface area contributed by atoms with Crippen LogP contribution in [-0.4, -0.2) is 44.6 Å². The zero-order valence-corrected chi connectivity index (χ0v) is 11.2. The minimum atomic E-state index is -0.262. The van der Waals surface area contributed by atoms with Crippen LogP contribution in [0.4, 0.5) is 0 Å². The lowest BCUT2D eigenvalue weighted by Gasteiger charge is -2.20. The van der Waals surface area contributed by atoms with Crippen LogP contribution in [0.1, 0.15) is 25.7 Å². The molecule has 1 unspecified atom stereocenters. The van der Waals surface area contributed by atoms with E-state index in [4.69, 9.17) is 10.3 Å². The van der Waals surface area contributed by atoms with Crippen molar-refractivity contribution in [2.75, 3.05) is 19.6 Å². The Hall–Kier alpha value is -1.86. The third kappa shape index (κ3) is 3.33. The van der Waals surface area contributed by atoms with Crippen molar-refractivity contribution >= 4 is 0 Å². The monoisotopic (exact) mass is 262 g/mol. The van der Waals surface area contributed by atoms with Crippen molar-refractivity contribution in [1.29, 1.82) is 0 Å². The number of nitrogens with two attached hydrogens (primary N) is 1. The molecule has 0 aliphatic heterocycles. The van der Waals surface area contributed by atoms with Crippen LogP contribution in [0.25, 0.3) is 11.5 Å². The minimum Gasteiger partial charge on any atom is -0.334 e. The van der Waals surface area contributed by atoms with Crippen molar-refractivity contribution in [2.24, 2.45) is 5.73 Å². The van der Waals surface area contributed by atoms with Crippen molar-refractivity contribution in [1.82, 2.24) is 25.0 Å². The largest absolute Gasteiger partial charge is 0.334 e. The molecule has 7 nitrogen and oxygen atoms in total. The highest BCUT2D eigenvalue weighted by Crippen LogP contribution is 2.16. The van der Waals surface area contributed by atoms with E-state index in [0.717, 1.165) is 13.1 Å². The van der Waals surface area contributed by atoms with E-state index >= 15 is 0 Å². The van der Waals surface area contributed by atoms with Crippen LogP contribution in [-0.2, 0) is 0 Å². The normalized spacial score (nSPS) is 12.8. The lowest BCUT2D eigenvalue weighted by atomic mass is 10.2. The second kappa shape index (κ2) is 6.35. The fourth-order valence-electron chi connectivity index (χ4n) is 1.75. The number of hydrogen-bond acceptors (Lipinski definition) is 7. The Bertz CT molecular complexity index is 496. The average Bonchev–Trinajstić information content (AvgIpc) is 2.95. The summed E-state index contributed by atoms with van der Waals surface area (Å²) < 4.78 is 5.18. The smallest absolute Gasteiger partial charge is 0.261 e. The number of hydrogen-bond donors (Lipinski definition) is 1. The second-order valence-electron chi connectivity index (χ2n) is 4.18. The van der Waals surface area contributed by atoms with Crippen LogP contribution in [0, 0.1) is 0 Å². The van der Waals surface area contributed by atoms with Gasteiger partial charge in [0.25, 0.3) is 5.89 Å². The Morgan fingerprint density at radius 1 is 1.26 bits per heavy atom. The predicted octanol–water partition coefficient (Wildman–Crippen LogP) is 0.868. The number of aromatic nitrogens is 4. The maximum absolute atomic E-state index is 6.08. The molecule has 2 N–H and O–H groups in total. The van der Waals surface area contributed by atoms with Crippen LogP contribution in [0.3, 0.4) is 0 Å². The van der Waals surface area contributed by atoms with Crippen LogP contribution in [0.5, 0.6) is 0 Å². The lowest BCUT2D eigenvalue weighted by molar-refractivity contribution is 0.278. The van der Waals surface area contributed by atoms with E-state index < -0.39 is 0 Å². The minimum absolute atomic E-state index is 0.262. The first-order chi connectivity index (χ1) is 9.24. The maximum atomic E-state index is 6.08. The molecule has 0 saturated carbocycles. The lowest BCUT2D eigenvalue weighted by Crippen LogP contribution is -2.32. The SMILES string of the molecule is CCN(CC)CC(N)c1noc(-c2cncnc2)n1. The van der Waals surface area contributed by atoms with Gasteiger partial charge in [-0.2, -0.15) is 4.98 Å². The maximum Gasteiger partial charge on any atom is 0.261 e. The van der Waals surface area contributed by atoms with E-state index in [1.807, 2.05) is 0 Å². The third-order valence-corrected chi connectivity index (χ3v) is 2.93. The molecular weight excluding hydrogens is 244 g/mol. The molecule has 1 atom stereocenters. The van der Waals surface area contributed by atoms with Crippen molar-refractivity contribution < 1.29 is 4.52 Å². The molecule has 102 valence electrons. The van der Waals surface area contributed by atoms with Gasteiger partial charge in [-0.1, -0.05) is 19.0 Å². The van der Waals surface area contributed by atoms with Crippen LogP contribution in [0.2, 0.25) is 0 Å². The first-order valence-electron chi connectivity index (χ1n) is 6.31. The Kier molecular flexibility index (Phi) is 4.53. The summed E-state index contributed by atoms with van der Waals surface area (Å²) in [5.41, 5.74) is 6.77. The van der Waals surface area contributed by atoms with Gasteiger partial charge in [0.2, 0.25) is 0 Å². The van der Waals surface area contributed by atoms with Gasteiger partial charge in [0.15, 0.2) is 5.82 Å². The number of nitrogens with zero attached hydrogens (tertiary/aromatic N) is 5. The molecule has 2 aromatic rings. The Balaban J connectivity index is 2.08. The molecule has 0 amide bonds. The molecule has 2 heterocycles. The Morgan fingerprint density at radius 3 is 2.58 bits per heavy atom. The van der Waals surface area contributed by atoms with E-state index in [1.54, 1.807) is 12.4 Å². The quantitative estimate of drug-likeness (QED) is 0.825. The van der Waals surface area contributed by atoms with Gasteiger partial charge in [0.1, 0.15) is 6.33 Å². The summed E-state index contributed by atoms with van der Waals surface area (Å²) in [5.74, 6) is 0.899. The molecule has 0 radical (unpaired) electrons. The highest BCUT2D eigenvalue weighted by atomic mass is 16.5. The van der Waals surface area contributed by atoms with Gasteiger partial charge < -0.3 is 15.2 Å². The summed E-state index contributed by atoms with van der Waals surface area (Å²) in [6.07, 6.45) is 4.70. The van der Waals surface area contributed by atoms with Crippen molar-refractivity contribution in [3.8, 4) is 11.5 Å². The molecule has 0 aliphatic carbocycles. The molecule has 0 aliphatic rings. The van der Waals surface area contributed by atoms with Crippen molar-refractivity contribution in [3.63, 3.8) is 0 Å². The first-order valence-corrected chi connectivity index (χ1v) is 6.31. The molecule has 0 spiro atoms. The molecule has 19 heavy (non-hydrogen) atoms. The van der Waals surface area contributed by atoms with Gasteiger partial charge in [-0.25, -0.2) is 9.97 Å². The van der Waals surface area contributed by atoms with Gasteiger partial charge in [-0.05, 0) is 13.1 Å². The molecule has 0 fully saturated rings. The Labute approximate surface area is 111 Å². The van der Waals surface area contributed by atoms with E-state index in [2.05, 4.69) is 38.9 Å². The molecule has 0 bridgehead atoms. The number of likely N-dealkylation sites (N-methyl/N-ethyl adjacent to an activating group) is 1. The Morgan fingerprint density at radius 2 is 1.95 bits per heavy atom. The number of rotatable bonds is 6. The van der Waals surface area contributed by atoms with Crippen LogP contribution >= 0.6 is 0 Å². The van der Waals surface area contributed by atoms with E-state index in [-0.39, 0.29) is 6.04 Å². The zero-order valence-electron chi connectivity index (χ0n) is 11.2. The molecule has 0 aromatic carbocycles. The molecule has 7 heteroatoms. The van der Waals surface area contributed by atoms with Crippen LogP contribution in [0.15, 0.2) is 23.2 Å². The van der Waals surface area contributed by atoms with Crippen molar-refractivity contribution in [3.05, 3.63) is 24.5 Å². The molecular formula is C12H18N6O. The first kappa shape index (κ1) is 13.6. The second-order valence-corrected chi connectivity index (χ2v) is 4.18. The summed E-state index contributed by atoms with van der Waals surface area (Å²) in [4.78, 5) is 14.3. The van der Waals surface area contributed by atoms with Gasteiger partial charge >= 0.3 is 0 Å². The van der Waals surface area contributed by atoms with Crippen LogP contribution < -0.4 is 5.73 Å². The van der Waals surface area contributed by atoms with E-state index in [9.17, 15) is 0 Å². The van der Waals surface area contributed by atoms with Gasteiger partial charge in [0, 0.05) is 18.9 Å². The highest BCUT2D eigenvalue weighted by Gasteiger charge is 2.17. The molecule has 2 aromatic heterocycles. The zero-order chi connectivity index (χ0) is 13.7. The van der Waals surface area contributed by atoms with Gasteiger partial charge in [-0.15, -0.1) is 0 Å². The average molecular weight is 262 g/mol. The third-order valence-electron chi connectivity index (χ3n) is 2.93. The fraction of sp³-hybridized carbons (Fsp3) is 0.500. The van der Waals surface area contributed by atoms with Gasteiger partial charge in [0.05, 0.1) is 11.6 Å². The summed E-state index contributed by atoms with van der Waals surface area (Å²) in [5, 5.41) is 3.92. The van der Waals surface area contributed by atoms with E-state index in [1.165, 1.54) is 6.33 Å². The summed E-state index contributed by atoms with van der Waals surface area (Å²) >= 11 is 0. The predicted molar refractivity (Wildman–Crippen MR) is 70.0 cm³/mol. The topological polar surface area (TPSA) is 94.0 Å².